The molecule has 0 aromatic carbocycles. The highest BCUT2D eigenvalue weighted by Gasteiger charge is 2.26. The highest BCUT2D eigenvalue weighted by molar-refractivity contribution is 7.16. The molecule has 1 aliphatic rings. The number of hydrogen-bond donors (Lipinski definition) is 1. The molecule has 8 heteroatoms. The zero-order chi connectivity index (χ0) is 13.9. The smallest absolute Gasteiger partial charge is 0.317 e. The number of nitrogens with one attached hydrogen (secondary N) is 1. The van der Waals surface area contributed by atoms with Crippen molar-refractivity contribution in [3.63, 3.8) is 0 Å². The first-order valence-corrected chi connectivity index (χ1v) is 7.79. The van der Waals surface area contributed by atoms with Gasteiger partial charge in [-0.2, -0.15) is 9.61 Å². The van der Waals surface area contributed by atoms with E-state index in [0.717, 1.165) is 48.9 Å². The number of carbonyl (C=O) groups is 1. The quantitative estimate of drug-likeness (QED) is 0.930. The molecule has 0 atom stereocenters. The Balaban J connectivity index is 1.58. The Morgan fingerprint density at radius 1 is 1.50 bits per heavy atom. The maximum atomic E-state index is 11.9. The Bertz CT molecular complexity index is 557. The lowest BCUT2D eigenvalue weighted by Crippen LogP contribution is -2.44. The second-order valence-electron chi connectivity index (χ2n) is 4.99. The average molecular weight is 294 g/mol. The SMILES string of the molecule is CCCNC(=O)N1CCC(c2nn3cnnc3s2)CC1. The van der Waals surface area contributed by atoms with E-state index in [4.69, 9.17) is 0 Å². The van der Waals surface area contributed by atoms with Crippen molar-refractivity contribution in [2.75, 3.05) is 19.6 Å². The van der Waals surface area contributed by atoms with E-state index < -0.39 is 0 Å². The van der Waals surface area contributed by atoms with Crippen LogP contribution in [0.2, 0.25) is 0 Å². The normalized spacial score (nSPS) is 16.8. The highest BCUT2D eigenvalue weighted by atomic mass is 32.1. The number of amides is 2. The third-order valence-corrected chi connectivity index (χ3v) is 4.64. The number of fused-ring (bicyclic) bond motifs is 1. The summed E-state index contributed by atoms with van der Waals surface area (Å²) in [5, 5.41) is 16.3. The Morgan fingerprint density at radius 3 is 3.00 bits per heavy atom. The summed E-state index contributed by atoms with van der Waals surface area (Å²) in [5.74, 6) is 0.428. The Morgan fingerprint density at radius 2 is 2.30 bits per heavy atom. The summed E-state index contributed by atoms with van der Waals surface area (Å²) in [4.78, 5) is 14.6. The summed E-state index contributed by atoms with van der Waals surface area (Å²) in [5.41, 5.74) is 0. The first-order valence-electron chi connectivity index (χ1n) is 6.97. The fourth-order valence-electron chi connectivity index (χ4n) is 2.41. The van der Waals surface area contributed by atoms with Gasteiger partial charge in [0, 0.05) is 25.6 Å². The molecule has 2 aromatic rings. The van der Waals surface area contributed by atoms with Gasteiger partial charge in [-0.15, -0.1) is 10.2 Å². The van der Waals surface area contributed by atoms with E-state index in [0.29, 0.717) is 5.92 Å². The zero-order valence-corrected chi connectivity index (χ0v) is 12.3. The lowest BCUT2D eigenvalue weighted by Gasteiger charge is -2.30. The van der Waals surface area contributed by atoms with Gasteiger partial charge < -0.3 is 10.2 Å². The molecule has 0 spiro atoms. The van der Waals surface area contributed by atoms with Crippen LogP contribution in [-0.2, 0) is 0 Å². The van der Waals surface area contributed by atoms with Crippen LogP contribution in [0.25, 0.3) is 4.96 Å². The summed E-state index contributed by atoms with van der Waals surface area (Å²) in [6.45, 7) is 4.39. The van der Waals surface area contributed by atoms with Crippen molar-refractivity contribution in [1.82, 2.24) is 30.0 Å². The molecule has 0 unspecified atom stereocenters. The van der Waals surface area contributed by atoms with Crippen molar-refractivity contribution < 1.29 is 4.79 Å². The fraction of sp³-hybridized carbons (Fsp3) is 0.667. The van der Waals surface area contributed by atoms with E-state index in [2.05, 4.69) is 27.5 Å². The number of rotatable bonds is 3. The molecule has 1 aliphatic heterocycles. The van der Waals surface area contributed by atoms with Gasteiger partial charge in [0.2, 0.25) is 4.96 Å². The van der Waals surface area contributed by atoms with Crippen LogP contribution in [-0.4, -0.2) is 50.4 Å². The summed E-state index contributed by atoms with van der Waals surface area (Å²) >= 11 is 1.59. The van der Waals surface area contributed by atoms with Gasteiger partial charge in [-0.3, -0.25) is 0 Å². The number of carbonyl (C=O) groups excluding carboxylic acids is 1. The van der Waals surface area contributed by atoms with E-state index in [1.165, 1.54) is 0 Å². The van der Waals surface area contributed by atoms with Crippen molar-refractivity contribution in [3.05, 3.63) is 11.3 Å². The van der Waals surface area contributed by atoms with Gasteiger partial charge in [-0.1, -0.05) is 18.3 Å². The van der Waals surface area contributed by atoms with E-state index in [-0.39, 0.29) is 6.03 Å². The molecule has 1 N–H and O–H groups in total. The van der Waals surface area contributed by atoms with Crippen molar-refractivity contribution in [2.45, 2.75) is 32.1 Å². The number of aromatic nitrogens is 4. The second-order valence-corrected chi connectivity index (χ2v) is 5.98. The van der Waals surface area contributed by atoms with Crippen LogP contribution in [0.15, 0.2) is 6.33 Å². The van der Waals surface area contributed by atoms with Crippen molar-refractivity contribution in [1.29, 1.82) is 0 Å². The average Bonchev–Trinajstić information content (AvgIpc) is 3.06. The number of urea groups is 1. The molecule has 20 heavy (non-hydrogen) atoms. The van der Waals surface area contributed by atoms with Gasteiger partial charge in [0.25, 0.3) is 0 Å². The number of nitrogens with zero attached hydrogens (tertiary/aromatic N) is 5. The first-order chi connectivity index (χ1) is 9.78. The minimum absolute atomic E-state index is 0.0587. The minimum Gasteiger partial charge on any atom is -0.338 e. The van der Waals surface area contributed by atoms with Crippen LogP contribution in [0.1, 0.15) is 37.1 Å². The topological polar surface area (TPSA) is 75.4 Å². The van der Waals surface area contributed by atoms with Crippen molar-refractivity contribution >= 4 is 22.3 Å². The van der Waals surface area contributed by atoms with Crippen LogP contribution in [0.3, 0.4) is 0 Å². The lowest BCUT2D eigenvalue weighted by molar-refractivity contribution is 0.181. The maximum Gasteiger partial charge on any atom is 0.317 e. The molecular formula is C12H18N6OS. The van der Waals surface area contributed by atoms with Crippen LogP contribution < -0.4 is 5.32 Å². The Hall–Kier alpha value is -1.70. The number of hydrogen-bond acceptors (Lipinski definition) is 5. The molecular weight excluding hydrogens is 276 g/mol. The predicted octanol–water partition coefficient (Wildman–Crippen LogP) is 1.48. The van der Waals surface area contributed by atoms with Gasteiger partial charge in [-0.05, 0) is 19.3 Å². The minimum atomic E-state index is 0.0587. The summed E-state index contributed by atoms with van der Waals surface area (Å²) in [6.07, 6.45) is 4.52. The van der Waals surface area contributed by atoms with E-state index >= 15 is 0 Å². The third-order valence-electron chi connectivity index (χ3n) is 3.56. The molecule has 108 valence electrons. The molecule has 3 heterocycles. The molecule has 0 aliphatic carbocycles. The fourth-order valence-corrected chi connectivity index (χ4v) is 3.40. The zero-order valence-electron chi connectivity index (χ0n) is 11.4. The van der Waals surface area contributed by atoms with E-state index in [1.807, 2.05) is 4.90 Å². The van der Waals surface area contributed by atoms with Gasteiger partial charge in [0.05, 0.1) is 0 Å². The van der Waals surface area contributed by atoms with Crippen LogP contribution in [0.4, 0.5) is 4.79 Å². The monoisotopic (exact) mass is 294 g/mol. The molecule has 0 radical (unpaired) electrons. The van der Waals surface area contributed by atoms with Crippen LogP contribution >= 0.6 is 11.3 Å². The number of likely N-dealkylation sites (tertiary alicyclic amines) is 1. The van der Waals surface area contributed by atoms with Crippen molar-refractivity contribution in [2.24, 2.45) is 0 Å². The molecule has 7 nitrogen and oxygen atoms in total. The van der Waals surface area contributed by atoms with E-state index in [1.54, 1.807) is 22.2 Å². The van der Waals surface area contributed by atoms with Gasteiger partial charge in [0.15, 0.2) is 0 Å². The maximum absolute atomic E-state index is 11.9. The summed E-state index contributed by atoms with van der Waals surface area (Å²) in [6, 6.07) is 0.0587. The third kappa shape index (κ3) is 2.60. The van der Waals surface area contributed by atoms with Gasteiger partial charge >= 0.3 is 6.03 Å². The first kappa shape index (κ1) is 13.3. The molecule has 1 fully saturated rings. The molecule has 2 aromatic heterocycles. The van der Waals surface area contributed by atoms with Crippen molar-refractivity contribution in [3.8, 4) is 0 Å². The predicted molar refractivity (Wildman–Crippen MR) is 75.9 cm³/mol. The molecule has 0 bridgehead atoms. The lowest BCUT2D eigenvalue weighted by atomic mass is 9.98. The standard InChI is InChI=1S/C12H18N6OS/c1-2-5-13-11(19)17-6-3-9(4-7-17)10-16-18-8-14-15-12(18)20-10/h8-9H,2-7H2,1H3,(H,13,19). The summed E-state index contributed by atoms with van der Waals surface area (Å²) < 4.78 is 1.72. The summed E-state index contributed by atoms with van der Waals surface area (Å²) in [7, 11) is 0. The van der Waals surface area contributed by atoms with Crippen LogP contribution in [0, 0.1) is 0 Å². The molecule has 2 amide bonds. The Labute approximate surface area is 121 Å². The van der Waals surface area contributed by atoms with Gasteiger partial charge in [0.1, 0.15) is 11.3 Å². The number of piperidine rings is 1. The van der Waals surface area contributed by atoms with Crippen LogP contribution in [0.5, 0.6) is 0 Å². The molecule has 1 saturated heterocycles. The van der Waals surface area contributed by atoms with Gasteiger partial charge in [-0.25, -0.2) is 4.79 Å². The largest absolute Gasteiger partial charge is 0.338 e. The molecule has 0 saturated carbocycles. The van der Waals surface area contributed by atoms with E-state index in [9.17, 15) is 4.79 Å². The second kappa shape index (κ2) is 5.74. The molecule has 3 rings (SSSR count). The Kier molecular flexibility index (Phi) is 3.81. The highest BCUT2D eigenvalue weighted by Crippen LogP contribution is 2.30.